The van der Waals surface area contributed by atoms with E-state index in [0.29, 0.717) is 19.8 Å². The van der Waals surface area contributed by atoms with E-state index in [9.17, 15) is 0 Å². The topological polar surface area (TPSA) is 27.7 Å². The molecule has 0 aliphatic rings. The van der Waals surface area contributed by atoms with Crippen molar-refractivity contribution in [2.45, 2.75) is 33.5 Å². The molecule has 3 nitrogen and oxygen atoms in total. The number of rotatable bonds is 8. The zero-order chi connectivity index (χ0) is 12.5. The fourth-order valence-corrected chi connectivity index (χ4v) is 1.56. The van der Waals surface area contributed by atoms with Crippen LogP contribution in [-0.2, 0) is 9.47 Å². The Kier molecular flexibility index (Phi) is 6.67. The summed E-state index contributed by atoms with van der Waals surface area (Å²) in [6.45, 7) is 7.91. The van der Waals surface area contributed by atoms with E-state index >= 15 is 0 Å². The summed E-state index contributed by atoms with van der Waals surface area (Å²) < 4.78 is 16.5. The second-order valence-electron chi connectivity index (χ2n) is 3.79. The summed E-state index contributed by atoms with van der Waals surface area (Å²) in [6.07, 6.45) is 0.588. The van der Waals surface area contributed by atoms with Crippen LogP contribution in [0.15, 0.2) is 24.3 Å². The number of benzene rings is 1. The number of ether oxygens (including phenoxy) is 3. The van der Waals surface area contributed by atoms with Gasteiger partial charge in [-0.25, -0.2) is 0 Å². The molecule has 0 aliphatic heterocycles. The van der Waals surface area contributed by atoms with Gasteiger partial charge in [0.15, 0.2) is 6.29 Å². The minimum atomic E-state index is -0.158. The van der Waals surface area contributed by atoms with E-state index in [2.05, 4.69) is 13.0 Å². The molecule has 1 aromatic rings. The molecule has 0 atom stereocenters. The van der Waals surface area contributed by atoms with Crippen molar-refractivity contribution < 1.29 is 14.2 Å². The van der Waals surface area contributed by atoms with Gasteiger partial charge in [-0.1, -0.05) is 12.1 Å². The van der Waals surface area contributed by atoms with Crippen molar-refractivity contribution in [2.75, 3.05) is 19.8 Å². The Balaban J connectivity index is 2.30. The zero-order valence-corrected chi connectivity index (χ0v) is 10.9. The summed E-state index contributed by atoms with van der Waals surface area (Å²) in [5.41, 5.74) is 1.20. The summed E-state index contributed by atoms with van der Waals surface area (Å²) in [6, 6.07) is 8.03. The summed E-state index contributed by atoms with van der Waals surface area (Å²) in [4.78, 5) is 0. The lowest BCUT2D eigenvalue weighted by Crippen LogP contribution is -2.20. The maximum absolute atomic E-state index is 5.65. The molecule has 0 amide bonds. The van der Waals surface area contributed by atoms with Crippen molar-refractivity contribution in [2.24, 2.45) is 0 Å². The molecular formula is C14H22O3. The summed E-state index contributed by atoms with van der Waals surface area (Å²) >= 11 is 0. The van der Waals surface area contributed by atoms with Crippen molar-refractivity contribution in [3.05, 3.63) is 29.8 Å². The van der Waals surface area contributed by atoms with Gasteiger partial charge in [-0.15, -0.1) is 0 Å². The molecule has 0 unspecified atom stereocenters. The lowest BCUT2D eigenvalue weighted by Gasteiger charge is -2.17. The second kappa shape index (κ2) is 8.09. The molecule has 0 aliphatic carbocycles. The molecule has 1 aromatic carbocycles. The molecule has 0 aromatic heterocycles. The standard InChI is InChI=1S/C14H22O3/c1-4-15-14(16-5-2)9-10-17-13-8-6-7-12(3)11-13/h6-8,11,14H,4-5,9-10H2,1-3H3. The first-order chi connectivity index (χ1) is 8.26. The van der Waals surface area contributed by atoms with E-state index in [1.807, 2.05) is 32.0 Å². The highest BCUT2D eigenvalue weighted by atomic mass is 16.7. The summed E-state index contributed by atoms with van der Waals surface area (Å²) in [5.74, 6) is 0.900. The first-order valence-electron chi connectivity index (χ1n) is 6.19. The first-order valence-corrected chi connectivity index (χ1v) is 6.19. The lowest BCUT2D eigenvalue weighted by atomic mass is 10.2. The van der Waals surface area contributed by atoms with Crippen LogP contribution < -0.4 is 4.74 Å². The van der Waals surface area contributed by atoms with Crippen LogP contribution in [-0.4, -0.2) is 26.1 Å². The number of hydrogen-bond donors (Lipinski definition) is 0. The van der Waals surface area contributed by atoms with Crippen LogP contribution in [0.2, 0.25) is 0 Å². The van der Waals surface area contributed by atoms with Crippen molar-refractivity contribution in [3.8, 4) is 5.75 Å². The Hall–Kier alpha value is -1.06. The molecule has 0 radical (unpaired) electrons. The molecular weight excluding hydrogens is 216 g/mol. The molecule has 0 heterocycles. The normalized spacial score (nSPS) is 10.8. The van der Waals surface area contributed by atoms with Gasteiger partial charge in [0.1, 0.15) is 5.75 Å². The maximum Gasteiger partial charge on any atom is 0.160 e. The highest BCUT2D eigenvalue weighted by Crippen LogP contribution is 2.13. The van der Waals surface area contributed by atoms with E-state index in [0.717, 1.165) is 12.2 Å². The van der Waals surface area contributed by atoms with Gasteiger partial charge < -0.3 is 14.2 Å². The summed E-state index contributed by atoms with van der Waals surface area (Å²) in [5, 5.41) is 0. The van der Waals surface area contributed by atoms with Gasteiger partial charge >= 0.3 is 0 Å². The van der Waals surface area contributed by atoms with Gasteiger partial charge in [-0.2, -0.15) is 0 Å². The molecule has 1 rings (SSSR count). The SMILES string of the molecule is CCOC(CCOc1cccc(C)c1)OCC. The highest BCUT2D eigenvalue weighted by Gasteiger charge is 2.07. The van der Waals surface area contributed by atoms with Gasteiger partial charge in [0.05, 0.1) is 6.61 Å². The third-order valence-electron chi connectivity index (χ3n) is 2.32. The smallest absolute Gasteiger partial charge is 0.160 e. The largest absolute Gasteiger partial charge is 0.493 e. The number of aryl methyl sites for hydroxylation is 1. The minimum Gasteiger partial charge on any atom is -0.493 e. The van der Waals surface area contributed by atoms with E-state index in [1.54, 1.807) is 0 Å². The Bertz CT molecular complexity index is 306. The summed E-state index contributed by atoms with van der Waals surface area (Å²) in [7, 11) is 0. The molecule has 0 fully saturated rings. The predicted molar refractivity (Wildman–Crippen MR) is 68.3 cm³/mol. The van der Waals surface area contributed by atoms with Gasteiger partial charge in [0.25, 0.3) is 0 Å². The maximum atomic E-state index is 5.65. The van der Waals surface area contributed by atoms with E-state index in [-0.39, 0.29) is 6.29 Å². The molecule has 0 bridgehead atoms. The van der Waals surface area contributed by atoms with Crippen LogP contribution in [0.25, 0.3) is 0 Å². The third-order valence-corrected chi connectivity index (χ3v) is 2.32. The van der Waals surface area contributed by atoms with Crippen molar-refractivity contribution in [1.29, 1.82) is 0 Å². The van der Waals surface area contributed by atoms with E-state index in [4.69, 9.17) is 14.2 Å². The number of hydrogen-bond acceptors (Lipinski definition) is 3. The van der Waals surface area contributed by atoms with Crippen LogP contribution in [0.5, 0.6) is 5.75 Å². The van der Waals surface area contributed by atoms with Crippen molar-refractivity contribution in [3.63, 3.8) is 0 Å². The quantitative estimate of drug-likeness (QED) is 0.651. The molecule has 17 heavy (non-hydrogen) atoms. The fourth-order valence-electron chi connectivity index (χ4n) is 1.56. The van der Waals surface area contributed by atoms with Crippen LogP contribution >= 0.6 is 0 Å². The highest BCUT2D eigenvalue weighted by molar-refractivity contribution is 5.27. The molecule has 0 N–H and O–H groups in total. The lowest BCUT2D eigenvalue weighted by molar-refractivity contribution is -0.142. The average molecular weight is 238 g/mol. The van der Waals surface area contributed by atoms with Gasteiger partial charge in [-0.05, 0) is 38.5 Å². The Morgan fingerprint density at radius 3 is 2.41 bits per heavy atom. The van der Waals surface area contributed by atoms with Gasteiger partial charge in [0.2, 0.25) is 0 Å². The van der Waals surface area contributed by atoms with Crippen LogP contribution in [0.1, 0.15) is 25.8 Å². The van der Waals surface area contributed by atoms with E-state index < -0.39 is 0 Å². The second-order valence-corrected chi connectivity index (χ2v) is 3.79. The first kappa shape index (κ1) is 14.0. The van der Waals surface area contributed by atoms with Crippen molar-refractivity contribution in [1.82, 2.24) is 0 Å². The fraction of sp³-hybridized carbons (Fsp3) is 0.571. The van der Waals surface area contributed by atoms with Crippen LogP contribution in [0, 0.1) is 6.92 Å². The monoisotopic (exact) mass is 238 g/mol. The molecule has 0 spiro atoms. The van der Waals surface area contributed by atoms with Crippen LogP contribution in [0.4, 0.5) is 0 Å². The molecule has 0 saturated heterocycles. The molecule has 3 heteroatoms. The predicted octanol–water partition coefficient (Wildman–Crippen LogP) is 3.16. The van der Waals surface area contributed by atoms with Gasteiger partial charge in [-0.3, -0.25) is 0 Å². The zero-order valence-electron chi connectivity index (χ0n) is 10.9. The van der Waals surface area contributed by atoms with Gasteiger partial charge in [0, 0.05) is 19.6 Å². The Labute approximate surface area is 104 Å². The Morgan fingerprint density at radius 2 is 1.82 bits per heavy atom. The Morgan fingerprint density at radius 1 is 1.12 bits per heavy atom. The van der Waals surface area contributed by atoms with Crippen molar-refractivity contribution >= 4 is 0 Å². The van der Waals surface area contributed by atoms with Crippen LogP contribution in [0.3, 0.4) is 0 Å². The average Bonchev–Trinajstić information content (AvgIpc) is 2.30. The molecule has 0 saturated carbocycles. The molecule has 96 valence electrons. The third kappa shape index (κ3) is 5.71. The minimum absolute atomic E-state index is 0.158. The van der Waals surface area contributed by atoms with E-state index in [1.165, 1.54) is 5.56 Å².